The first kappa shape index (κ1) is 16.4. The van der Waals surface area contributed by atoms with Crippen molar-refractivity contribution in [2.75, 3.05) is 29.4 Å². The second-order valence-electron chi connectivity index (χ2n) is 6.31. The number of carbonyl (C=O) groups is 1. The lowest BCUT2D eigenvalue weighted by atomic mass is 9.99. The first-order chi connectivity index (χ1) is 11.7. The minimum absolute atomic E-state index is 0.116. The Bertz CT molecular complexity index is 664. The van der Waals surface area contributed by atoms with Crippen LogP contribution in [0.4, 0.5) is 11.5 Å². The third kappa shape index (κ3) is 3.55. The highest BCUT2D eigenvalue weighted by Gasteiger charge is 2.20. The summed E-state index contributed by atoms with van der Waals surface area (Å²) in [4.78, 5) is 25.5. The lowest BCUT2D eigenvalue weighted by Gasteiger charge is -2.31. The summed E-state index contributed by atoms with van der Waals surface area (Å²) in [5.41, 5.74) is 1.26. The number of amides is 1. The predicted molar refractivity (Wildman–Crippen MR) is 96.4 cm³/mol. The number of carbonyl (C=O) groups excluding carboxylic acids is 1. The van der Waals surface area contributed by atoms with Crippen molar-refractivity contribution in [1.29, 1.82) is 0 Å². The van der Waals surface area contributed by atoms with E-state index in [9.17, 15) is 4.79 Å². The summed E-state index contributed by atoms with van der Waals surface area (Å²) in [5, 5.41) is 0. The van der Waals surface area contributed by atoms with Gasteiger partial charge in [0.15, 0.2) is 0 Å². The summed E-state index contributed by atoms with van der Waals surface area (Å²) >= 11 is 0. The Morgan fingerprint density at radius 2 is 1.88 bits per heavy atom. The molecule has 1 amide bonds. The smallest absolute Gasteiger partial charge is 0.278 e. The second-order valence-corrected chi connectivity index (χ2v) is 6.31. The Kier molecular flexibility index (Phi) is 5.08. The van der Waals surface area contributed by atoms with Gasteiger partial charge in [-0.2, -0.15) is 0 Å². The molecule has 3 rings (SSSR count). The molecule has 2 aromatic rings. The van der Waals surface area contributed by atoms with Crippen LogP contribution in [0.15, 0.2) is 42.7 Å². The predicted octanol–water partition coefficient (Wildman–Crippen LogP) is 3.38. The van der Waals surface area contributed by atoms with Crippen LogP contribution in [-0.4, -0.2) is 35.5 Å². The van der Waals surface area contributed by atoms with Crippen molar-refractivity contribution in [3.05, 3.63) is 48.4 Å². The van der Waals surface area contributed by atoms with Gasteiger partial charge < -0.3 is 9.80 Å². The zero-order chi connectivity index (χ0) is 16.9. The van der Waals surface area contributed by atoms with Crippen molar-refractivity contribution in [3.63, 3.8) is 0 Å². The fourth-order valence-electron chi connectivity index (χ4n) is 3.02. The molecule has 5 nitrogen and oxygen atoms in total. The summed E-state index contributed by atoms with van der Waals surface area (Å²) in [6.45, 7) is 6.86. The average Bonchev–Trinajstić information content (AvgIpc) is 2.64. The maximum atomic E-state index is 12.7. The Hall–Kier alpha value is -2.43. The summed E-state index contributed by atoms with van der Waals surface area (Å²) < 4.78 is 0. The topological polar surface area (TPSA) is 49.3 Å². The van der Waals surface area contributed by atoms with Crippen LogP contribution in [0.2, 0.25) is 0 Å². The van der Waals surface area contributed by atoms with E-state index in [1.165, 1.54) is 12.8 Å². The molecule has 1 saturated heterocycles. The molecular formula is C19H24N4O. The van der Waals surface area contributed by atoms with Crippen molar-refractivity contribution in [1.82, 2.24) is 9.97 Å². The van der Waals surface area contributed by atoms with E-state index in [1.54, 1.807) is 17.3 Å². The fraction of sp³-hybridized carbons (Fsp3) is 0.421. The monoisotopic (exact) mass is 324 g/mol. The average molecular weight is 324 g/mol. The van der Waals surface area contributed by atoms with Crippen LogP contribution in [0.3, 0.4) is 0 Å². The maximum Gasteiger partial charge on any atom is 0.278 e. The molecule has 1 aromatic heterocycles. The molecule has 0 bridgehead atoms. The molecule has 1 aliphatic rings. The third-order valence-electron chi connectivity index (χ3n) is 4.59. The van der Waals surface area contributed by atoms with Gasteiger partial charge in [0, 0.05) is 25.3 Å². The lowest BCUT2D eigenvalue weighted by molar-refractivity contribution is 0.0983. The lowest BCUT2D eigenvalue weighted by Crippen LogP contribution is -2.34. The number of piperidine rings is 1. The van der Waals surface area contributed by atoms with Crippen LogP contribution in [-0.2, 0) is 0 Å². The Morgan fingerprint density at radius 1 is 1.17 bits per heavy atom. The van der Waals surface area contributed by atoms with Crippen LogP contribution in [0.25, 0.3) is 0 Å². The largest absolute Gasteiger partial charge is 0.355 e. The number of hydrogen-bond donors (Lipinski definition) is 0. The Balaban J connectivity index is 1.73. The molecule has 1 aliphatic heterocycles. The molecule has 5 heteroatoms. The SMILES string of the molecule is CCN(C(=O)c1cnc(N2CCC(C)CC2)cn1)c1ccccc1. The highest BCUT2D eigenvalue weighted by molar-refractivity contribution is 6.04. The van der Waals surface area contributed by atoms with Gasteiger partial charge in [0.1, 0.15) is 11.5 Å². The van der Waals surface area contributed by atoms with Crippen LogP contribution < -0.4 is 9.80 Å². The van der Waals surface area contributed by atoms with Crippen molar-refractivity contribution < 1.29 is 4.79 Å². The molecule has 1 aromatic carbocycles. The van der Waals surface area contributed by atoms with Crippen molar-refractivity contribution in [3.8, 4) is 0 Å². The van der Waals surface area contributed by atoms with Gasteiger partial charge in [-0.25, -0.2) is 9.97 Å². The molecule has 2 heterocycles. The summed E-state index contributed by atoms with van der Waals surface area (Å²) in [7, 11) is 0. The zero-order valence-corrected chi connectivity index (χ0v) is 14.4. The summed E-state index contributed by atoms with van der Waals surface area (Å²) in [5.74, 6) is 1.52. The summed E-state index contributed by atoms with van der Waals surface area (Å²) in [6, 6.07) is 9.65. The number of para-hydroxylation sites is 1. The van der Waals surface area contributed by atoms with Crippen LogP contribution in [0.1, 0.15) is 37.2 Å². The molecule has 126 valence electrons. The van der Waals surface area contributed by atoms with E-state index in [2.05, 4.69) is 21.8 Å². The van der Waals surface area contributed by atoms with Crippen LogP contribution >= 0.6 is 0 Å². The van der Waals surface area contributed by atoms with Crippen molar-refractivity contribution in [2.45, 2.75) is 26.7 Å². The van der Waals surface area contributed by atoms with Gasteiger partial charge in [-0.1, -0.05) is 25.1 Å². The maximum absolute atomic E-state index is 12.7. The highest BCUT2D eigenvalue weighted by atomic mass is 16.2. The quantitative estimate of drug-likeness (QED) is 0.865. The first-order valence-corrected chi connectivity index (χ1v) is 8.63. The summed E-state index contributed by atoms with van der Waals surface area (Å²) in [6.07, 6.45) is 5.68. The van der Waals surface area contributed by atoms with Crippen molar-refractivity contribution >= 4 is 17.4 Å². The zero-order valence-electron chi connectivity index (χ0n) is 14.4. The van der Waals surface area contributed by atoms with Gasteiger partial charge in [-0.05, 0) is 37.8 Å². The number of hydrogen-bond acceptors (Lipinski definition) is 4. The molecule has 0 unspecified atom stereocenters. The molecule has 0 radical (unpaired) electrons. The minimum atomic E-state index is -0.116. The molecule has 0 atom stereocenters. The normalized spacial score (nSPS) is 15.3. The highest BCUT2D eigenvalue weighted by Crippen LogP contribution is 2.21. The number of benzene rings is 1. The standard InChI is InChI=1S/C19H24N4O/c1-3-23(16-7-5-4-6-8-16)19(24)17-13-21-18(14-20-17)22-11-9-15(2)10-12-22/h4-8,13-15H,3,9-12H2,1-2H3. The van der Waals surface area contributed by atoms with Gasteiger partial charge in [-0.3, -0.25) is 4.79 Å². The van der Waals surface area contributed by atoms with Crippen LogP contribution in [0, 0.1) is 5.92 Å². The number of nitrogens with zero attached hydrogens (tertiary/aromatic N) is 4. The van der Waals surface area contributed by atoms with E-state index in [1.807, 2.05) is 37.3 Å². The number of aromatic nitrogens is 2. The third-order valence-corrected chi connectivity index (χ3v) is 4.59. The van der Waals surface area contributed by atoms with Gasteiger partial charge in [0.25, 0.3) is 5.91 Å². The van der Waals surface area contributed by atoms with E-state index < -0.39 is 0 Å². The van der Waals surface area contributed by atoms with Crippen LogP contribution in [0.5, 0.6) is 0 Å². The van der Waals surface area contributed by atoms with Gasteiger partial charge in [0.2, 0.25) is 0 Å². The minimum Gasteiger partial charge on any atom is -0.355 e. The molecular weight excluding hydrogens is 300 g/mol. The van der Waals surface area contributed by atoms with Gasteiger partial charge >= 0.3 is 0 Å². The molecule has 0 saturated carbocycles. The molecule has 0 aliphatic carbocycles. The van der Waals surface area contributed by atoms with Gasteiger partial charge in [0.05, 0.1) is 12.4 Å². The number of anilines is 2. The number of rotatable bonds is 4. The van der Waals surface area contributed by atoms with Crippen molar-refractivity contribution in [2.24, 2.45) is 5.92 Å². The van der Waals surface area contributed by atoms with E-state index in [0.717, 1.165) is 30.5 Å². The molecule has 24 heavy (non-hydrogen) atoms. The van der Waals surface area contributed by atoms with Gasteiger partial charge in [-0.15, -0.1) is 0 Å². The Morgan fingerprint density at radius 3 is 2.46 bits per heavy atom. The van der Waals surface area contributed by atoms with E-state index >= 15 is 0 Å². The van der Waals surface area contributed by atoms with E-state index in [-0.39, 0.29) is 5.91 Å². The van der Waals surface area contributed by atoms with E-state index in [0.29, 0.717) is 12.2 Å². The molecule has 0 N–H and O–H groups in total. The second kappa shape index (κ2) is 7.43. The first-order valence-electron chi connectivity index (χ1n) is 8.63. The fourth-order valence-corrected chi connectivity index (χ4v) is 3.02. The van der Waals surface area contributed by atoms with E-state index in [4.69, 9.17) is 0 Å². The Labute approximate surface area is 143 Å². The molecule has 1 fully saturated rings. The molecule has 0 spiro atoms.